The Labute approximate surface area is 83.3 Å². The third kappa shape index (κ3) is 2.28. The zero-order valence-electron chi connectivity index (χ0n) is 8.70. The number of nitrogens with zero attached hydrogens (tertiary/aromatic N) is 2. The molecule has 14 heavy (non-hydrogen) atoms. The van der Waals surface area contributed by atoms with Gasteiger partial charge in [0.2, 0.25) is 0 Å². The van der Waals surface area contributed by atoms with E-state index in [0.29, 0.717) is 11.3 Å². The summed E-state index contributed by atoms with van der Waals surface area (Å²) in [6.45, 7) is 3.83. The molecular weight excluding hydrogens is 180 g/mol. The van der Waals surface area contributed by atoms with Crippen molar-refractivity contribution in [2.45, 2.75) is 26.7 Å². The lowest BCUT2D eigenvalue weighted by molar-refractivity contribution is 0.0598. The van der Waals surface area contributed by atoms with Gasteiger partial charge in [0, 0.05) is 0 Å². The van der Waals surface area contributed by atoms with E-state index in [-0.39, 0.29) is 5.97 Å². The average Bonchev–Trinajstić information content (AvgIpc) is 2.20. The molecule has 0 aliphatic rings. The second-order valence-electron chi connectivity index (χ2n) is 3.09. The SMILES string of the molecule is CCCc1nnc(C)cc1C(=O)OC. The maximum atomic E-state index is 11.4. The largest absolute Gasteiger partial charge is 0.465 e. The van der Waals surface area contributed by atoms with E-state index in [4.69, 9.17) is 0 Å². The first-order valence-electron chi connectivity index (χ1n) is 4.60. The molecule has 0 amide bonds. The molecule has 0 N–H and O–H groups in total. The minimum Gasteiger partial charge on any atom is -0.465 e. The molecule has 0 aliphatic carbocycles. The van der Waals surface area contributed by atoms with Gasteiger partial charge in [0.1, 0.15) is 0 Å². The predicted molar refractivity (Wildman–Crippen MR) is 52.1 cm³/mol. The Hall–Kier alpha value is -1.45. The Bertz CT molecular complexity index is 337. The van der Waals surface area contributed by atoms with Crippen LogP contribution in [0.5, 0.6) is 0 Å². The van der Waals surface area contributed by atoms with Gasteiger partial charge in [0.05, 0.1) is 24.1 Å². The number of aryl methyl sites for hydroxylation is 2. The summed E-state index contributed by atoms with van der Waals surface area (Å²) in [5.41, 5.74) is 1.97. The van der Waals surface area contributed by atoms with Crippen LogP contribution in [0.2, 0.25) is 0 Å². The van der Waals surface area contributed by atoms with Gasteiger partial charge in [0.25, 0.3) is 0 Å². The van der Waals surface area contributed by atoms with Crippen molar-refractivity contribution in [1.29, 1.82) is 0 Å². The number of aromatic nitrogens is 2. The van der Waals surface area contributed by atoms with Crippen molar-refractivity contribution in [3.63, 3.8) is 0 Å². The van der Waals surface area contributed by atoms with E-state index in [1.807, 2.05) is 6.92 Å². The second kappa shape index (κ2) is 4.69. The first-order chi connectivity index (χ1) is 6.69. The van der Waals surface area contributed by atoms with E-state index in [2.05, 4.69) is 14.9 Å². The molecule has 1 aromatic rings. The van der Waals surface area contributed by atoms with Crippen LogP contribution in [0, 0.1) is 6.92 Å². The van der Waals surface area contributed by atoms with Gasteiger partial charge in [-0.05, 0) is 19.4 Å². The van der Waals surface area contributed by atoms with E-state index in [1.165, 1.54) is 7.11 Å². The summed E-state index contributed by atoms with van der Waals surface area (Å²) >= 11 is 0. The Morgan fingerprint density at radius 1 is 1.50 bits per heavy atom. The summed E-state index contributed by atoms with van der Waals surface area (Å²) in [4.78, 5) is 11.4. The lowest BCUT2D eigenvalue weighted by Gasteiger charge is -2.05. The zero-order valence-corrected chi connectivity index (χ0v) is 8.70. The fraction of sp³-hybridized carbons (Fsp3) is 0.500. The molecule has 0 saturated carbocycles. The molecule has 0 aromatic carbocycles. The minimum atomic E-state index is -0.341. The van der Waals surface area contributed by atoms with Crippen molar-refractivity contribution in [2.24, 2.45) is 0 Å². The normalized spacial score (nSPS) is 9.93. The molecule has 0 bridgehead atoms. The monoisotopic (exact) mass is 194 g/mol. The lowest BCUT2D eigenvalue weighted by Crippen LogP contribution is -2.09. The van der Waals surface area contributed by atoms with Gasteiger partial charge >= 0.3 is 5.97 Å². The molecular formula is C10H14N2O2. The summed E-state index contributed by atoms with van der Waals surface area (Å²) in [5, 5.41) is 7.90. The number of rotatable bonds is 3. The topological polar surface area (TPSA) is 52.1 Å². The average molecular weight is 194 g/mol. The molecule has 1 heterocycles. The highest BCUT2D eigenvalue weighted by Crippen LogP contribution is 2.09. The van der Waals surface area contributed by atoms with Gasteiger partial charge in [-0.25, -0.2) is 4.79 Å². The van der Waals surface area contributed by atoms with Crippen LogP contribution in [0.15, 0.2) is 6.07 Å². The number of methoxy groups -OCH3 is 1. The van der Waals surface area contributed by atoms with Crippen LogP contribution in [-0.4, -0.2) is 23.3 Å². The van der Waals surface area contributed by atoms with Gasteiger partial charge in [-0.3, -0.25) is 0 Å². The molecule has 0 fully saturated rings. The summed E-state index contributed by atoms with van der Waals surface area (Å²) in [6, 6.07) is 1.71. The lowest BCUT2D eigenvalue weighted by atomic mass is 10.1. The fourth-order valence-electron chi connectivity index (χ4n) is 1.22. The molecule has 4 heteroatoms. The Balaban J connectivity index is 3.08. The van der Waals surface area contributed by atoms with Crippen molar-refractivity contribution in [1.82, 2.24) is 10.2 Å². The van der Waals surface area contributed by atoms with E-state index < -0.39 is 0 Å². The van der Waals surface area contributed by atoms with Gasteiger partial charge in [0.15, 0.2) is 0 Å². The summed E-state index contributed by atoms with van der Waals surface area (Å²) in [5.74, 6) is -0.341. The van der Waals surface area contributed by atoms with Gasteiger partial charge in [-0.2, -0.15) is 10.2 Å². The number of hydrogen-bond acceptors (Lipinski definition) is 4. The third-order valence-corrected chi connectivity index (χ3v) is 1.88. The van der Waals surface area contributed by atoms with Gasteiger partial charge in [-0.15, -0.1) is 0 Å². The van der Waals surface area contributed by atoms with Crippen molar-refractivity contribution >= 4 is 5.97 Å². The first kappa shape index (κ1) is 10.6. The highest BCUT2D eigenvalue weighted by molar-refractivity contribution is 5.90. The van der Waals surface area contributed by atoms with Crippen molar-refractivity contribution in [2.75, 3.05) is 7.11 Å². The van der Waals surface area contributed by atoms with Crippen LogP contribution < -0.4 is 0 Å². The van der Waals surface area contributed by atoms with Gasteiger partial charge in [-0.1, -0.05) is 13.3 Å². The number of esters is 1. The molecule has 0 saturated heterocycles. The smallest absolute Gasteiger partial charge is 0.339 e. The molecule has 76 valence electrons. The molecule has 1 aromatic heterocycles. The Morgan fingerprint density at radius 3 is 2.79 bits per heavy atom. The zero-order chi connectivity index (χ0) is 10.6. The number of carbonyl (C=O) groups excluding carboxylic acids is 1. The molecule has 0 atom stereocenters. The molecule has 0 unspecified atom stereocenters. The van der Waals surface area contributed by atoms with Crippen LogP contribution >= 0.6 is 0 Å². The molecule has 0 spiro atoms. The van der Waals surface area contributed by atoms with E-state index in [0.717, 1.165) is 18.5 Å². The summed E-state index contributed by atoms with van der Waals surface area (Å²) in [6.07, 6.45) is 1.68. The molecule has 1 rings (SSSR count). The summed E-state index contributed by atoms with van der Waals surface area (Å²) < 4.78 is 4.67. The number of hydrogen-bond donors (Lipinski definition) is 0. The van der Waals surface area contributed by atoms with Crippen LogP contribution in [0.25, 0.3) is 0 Å². The Kier molecular flexibility index (Phi) is 3.56. The highest BCUT2D eigenvalue weighted by Gasteiger charge is 2.13. The van der Waals surface area contributed by atoms with E-state index in [1.54, 1.807) is 13.0 Å². The maximum absolute atomic E-state index is 11.4. The molecule has 0 aliphatic heterocycles. The predicted octanol–water partition coefficient (Wildman–Crippen LogP) is 1.52. The van der Waals surface area contributed by atoms with Crippen LogP contribution in [0.3, 0.4) is 0 Å². The van der Waals surface area contributed by atoms with Crippen LogP contribution in [-0.2, 0) is 11.2 Å². The quantitative estimate of drug-likeness (QED) is 0.684. The third-order valence-electron chi connectivity index (χ3n) is 1.88. The van der Waals surface area contributed by atoms with Crippen LogP contribution in [0.1, 0.15) is 35.1 Å². The van der Waals surface area contributed by atoms with Crippen molar-refractivity contribution in [3.05, 3.63) is 23.0 Å². The Morgan fingerprint density at radius 2 is 2.21 bits per heavy atom. The highest BCUT2D eigenvalue weighted by atomic mass is 16.5. The minimum absolute atomic E-state index is 0.341. The number of carbonyl (C=O) groups is 1. The number of ether oxygens (including phenoxy) is 1. The second-order valence-corrected chi connectivity index (χ2v) is 3.09. The maximum Gasteiger partial charge on any atom is 0.339 e. The molecule has 4 nitrogen and oxygen atoms in total. The van der Waals surface area contributed by atoms with Gasteiger partial charge < -0.3 is 4.74 Å². The molecule has 0 radical (unpaired) electrons. The van der Waals surface area contributed by atoms with E-state index in [9.17, 15) is 4.79 Å². The fourth-order valence-corrected chi connectivity index (χ4v) is 1.22. The van der Waals surface area contributed by atoms with E-state index >= 15 is 0 Å². The van der Waals surface area contributed by atoms with Crippen molar-refractivity contribution in [3.8, 4) is 0 Å². The van der Waals surface area contributed by atoms with Crippen LogP contribution in [0.4, 0.5) is 0 Å². The standard InChI is InChI=1S/C10H14N2O2/c1-4-5-9-8(10(13)14-3)6-7(2)11-12-9/h6H,4-5H2,1-3H3. The van der Waals surface area contributed by atoms with Crippen molar-refractivity contribution < 1.29 is 9.53 Å². The first-order valence-corrected chi connectivity index (χ1v) is 4.60. The summed E-state index contributed by atoms with van der Waals surface area (Å²) in [7, 11) is 1.37.